The zero-order chi connectivity index (χ0) is 30.5. The molecule has 0 aliphatic rings. The number of hydrogen-bond donors (Lipinski definition) is 1. The Bertz CT molecular complexity index is 1190. The van der Waals surface area contributed by atoms with Crippen LogP contribution in [-0.4, -0.2) is 28.6 Å². The van der Waals surface area contributed by atoms with Crippen molar-refractivity contribution in [2.45, 2.75) is 143 Å². The third kappa shape index (κ3) is 13.6. The number of carbonyl (C=O) groups is 1. The summed E-state index contributed by atoms with van der Waals surface area (Å²) in [7, 11) is 0. The monoisotopic (exact) mass is 589 g/mol. The van der Waals surface area contributed by atoms with Crippen LogP contribution in [0.1, 0.15) is 133 Å². The zero-order valence-electron chi connectivity index (χ0n) is 27.6. The van der Waals surface area contributed by atoms with E-state index in [4.69, 9.17) is 9.72 Å². The van der Waals surface area contributed by atoms with Crippen LogP contribution in [0.15, 0.2) is 42.5 Å². The summed E-state index contributed by atoms with van der Waals surface area (Å²) >= 11 is 0. The molecule has 0 bridgehead atoms. The highest BCUT2D eigenvalue weighted by atomic mass is 16.5. The molecule has 3 rings (SSSR count). The molecule has 238 valence electrons. The topological polar surface area (TPSA) is 56.2 Å². The predicted octanol–water partition coefficient (Wildman–Crippen LogP) is 10.0. The summed E-state index contributed by atoms with van der Waals surface area (Å²) in [6.07, 6.45) is 23.9. The van der Waals surface area contributed by atoms with Crippen molar-refractivity contribution >= 4 is 16.9 Å². The summed E-state index contributed by atoms with van der Waals surface area (Å²) in [6.45, 7) is 8.00. The maximum absolute atomic E-state index is 12.4. The second kappa shape index (κ2) is 21.0. The van der Waals surface area contributed by atoms with Crippen molar-refractivity contribution in [3.63, 3.8) is 0 Å². The van der Waals surface area contributed by atoms with E-state index in [2.05, 4.69) is 47.1 Å². The number of aromatic nitrogens is 2. The molecule has 0 fully saturated rings. The van der Waals surface area contributed by atoms with Gasteiger partial charge in [0.25, 0.3) is 5.91 Å². The van der Waals surface area contributed by atoms with Crippen molar-refractivity contribution in [2.75, 3.05) is 13.2 Å². The van der Waals surface area contributed by atoms with Gasteiger partial charge in [-0.15, -0.1) is 0 Å². The Morgan fingerprint density at radius 1 is 0.767 bits per heavy atom. The van der Waals surface area contributed by atoms with E-state index in [-0.39, 0.29) is 12.5 Å². The average molecular weight is 590 g/mol. The molecule has 0 spiro atoms. The van der Waals surface area contributed by atoms with Gasteiger partial charge >= 0.3 is 0 Å². The molecule has 1 N–H and O–H groups in total. The molecular weight excluding hydrogens is 530 g/mol. The third-order valence-corrected chi connectivity index (χ3v) is 8.57. The number of nitrogens with zero attached hydrogens (tertiary/aromatic N) is 2. The van der Waals surface area contributed by atoms with Crippen LogP contribution in [0.2, 0.25) is 0 Å². The summed E-state index contributed by atoms with van der Waals surface area (Å²) in [5.41, 5.74) is 4.47. The summed E-state index contributed by atoms with van der Waals surface area (Å²) in [5.74, 6) is 1.82. The molecule has 3 aromatic rings. The Morgan fingerprint density at radius 3 is 2.02 bits per heavy atom. The normalized spacial score (nSPS) is 11.3. The van der Waals surface area contributed by atoms with Crippen molar-refractivity contribution < 1.29 is 9.53 Å². The summed E-state index contributed by atoms with van der Waals surface area (Å²) in [4.78, 5) is 17.3. The van der Waals surface area contributed by atoms with Crippen LogP contribution in [0, 0.1) is 13.8 Å². The smallest absolute Gasteiger partial charge is 0.257 e. The van der Waals surface area contributed by atoms with Gasteiger partial charge in [0.1, 0.15) is 11.6 Å². The van der Waals surface area contributed by atoms with E-state index in [1.54, 1.807) is 0 Å². The molecule has 1 amide bonds. The van der Waals surface area contributed by atoms with Crippen molar-refractivity contribution in [3.05, 3.63) is 59.4 Å². The van der Waals surface area contributed by atoms with Crippen LogP contribution < -0.4 is 10.1 Å². The van der Waals surface area contributed by atoms with E-state index in [0.717, 1.165) is 47.6 Å². The minimum Gasteiger partial charge on any atom is -0.483 e. The number of nitrogens with one attached hydrogen (secondary N) is 1. The van der Waals surface area contributed by atoms with Gasteiger partial charge in [-0.25, -0.2) is 4.98 Å². The van der Waals surface area contributed by atoms with Gasteiger partial charge in [-0.1, -0.05) is 128 Å². The molecule has 5 nitrogen and oxygen atoms in total. The van der Waals surface area contributed by atoms with Crippen molar-refractivity contribution in [1.29, 1.82) is 0 Å². The van der Waals surface area contributed by atoms with E-state index in [1.807, 2.05) is 26.0 Å². The fourth-order valence-corrected chi connectivity index (χ4v) is 5.92. The van der Waals surface area contributed by atoms with E-state index < -0.39 is 0 Å². The highest BCUT2D eigenvalue weighted by molar-refractivity contribution is 5.77. The molecule has 0 aliphatic heterocycles. The van der Waals surface area contributed by atoms with Gasteiger partial charge in [-0.3, -0.25) is 4.79 Å². The quantitative estimate of drug-likeness (QED) is 0.106. The Kier molecular flexibility index (Phi) is 16.9. The number of imidazole rings is 1. The highest BCUT2D eigenvalue weighted by Crippen LogP contribution is 2.20. The number of unbranched alkanes of at least 4 members (excludes halogenated alkanes) is 15. The maximum atomic E-state index is 12.4. The number of benzene rings is 2. The molecule has 5 heteroatoms. The second-order valence-corrected chi connectivity index (χ2v) is 12.5. The van der Waals surface area contributed by atoms with Crippen LogP contribution in [0.3, 0.4) is 0 Å². The Morgan fingerprint density at radius 2 is 1.37 bits per heavy atom. The first-order chi connectivity index (χ1) is 21.1. The zero-order valence-corrected chi connectivity index (χ0v) is 27.6. The van der Waals surface area contributed by atoms with Crippen molar-refractivity contribution in [2.24, 2.45) is 0 Å². The molecular formula is C38H59N3O2. The molecule has 0 saturated carbocycles. The van der Waals surface area contributed by atoms with Gasteiger partial charge in [-0.05, 0) is 56.0 Å². The van der Waals surface area contributed by atoms with E-state index in [0.29, 0.717) is 6.54 Å². The number of hydrogen-bond acceptors (Lipinski definition) is 3. The lowest BCUT2D eigenvalue weighted by molar-refractivity contribution is -0.123. The van der Waals surface area contributed by atoms with E-state index in [9.17, 15) is 4.79 Å². The number of carbonyl (C=O) groups excluding carboxylic acids is 1. The molecule has 0 atom stereocenters. The van der Waals surface area contributed by atoms with Crippen LogP contribution in [0.25, 0.3) is 11.0 Å². The van der Waals surface area contributed by atoms with Gasteiger partial charge in [-0.2, -0.15) is 0 Å². The lowest BCUT2D eigenvalue weighted by Crippen LogP contribution is -2.30. The predicted molar refractivity (Wildman–Crippen MR) is 182 cm³/mol. The van der Waals surface area contributed by atoms with Crippen LogP contribution >= 0.6 is 0 Å². The van der Waals surface area contributed by atoms with Crippen LogP contribution in [0.4, 0.5) is 0 Å². The first-order valence-electron chi connectivity index (χ1n) is 17.5. The first kappa shape index (κ1) is 34.7. The fraction of sp³-hybridized carbons (Fsp3) is 0.632. The summed E-state index contributed by atoms with van der Waals surface area (Å²) in [6, 6.07) is 14.5. The third-order valence-electron chi connectivity index (χ3n) is 8.57. The average Bonchev–Trinajstić information content (AvgIpc) is 3.36. The van der Waals surface area contributed by atoms with Crippen molar-refractivity contribution in [3.8, 4) is 5.75 Å². The van der Waals surface area contributed by atoms with Gasteiger partial charge in [0.2, 0.25) is 0 Å². The van der Waals surface area contributed by atoms with Gasteiger partial charge in [0, 0.05) is 19.5 Å². The number of aryl methyl sites for hydroxylation is 4. The minimum atomic E-state index is -0.0809. The first-order valence-corrected chi connectivity index (χ1v) is 17.5. The number of para-hydroxylation sites is 2. The van der Waals surface area contributed by atoms with E-state index in [1.165, 1.54) is 108 Å². The fourth-order valence-electron chi connectivity index (χ4n) is 5.92. The molecule has 0 aliphatic carbocycles. The lowest BCUT2D eigenvalue weighted by atomic mass is 10.0. The number of rotatable bonds is 24. The standard InChI is InChI=1S/C38H59N3O2/c1-4-5-6-7-8-9-10-11-12-13-14-15-16-17-18-21-29-41-35-24-20-19-23-34(35)40-37(41)25-22-28-39-38(42)31-43-36-30-32(2)26-27-33(36)3/h19-20,23-24,26-27,30H,4-18,21-22,25,28-29,31H2,1-3H3,(H,39,42). The van der Waals surface area contributed by atoms with Gasteiger partial charge < -0.3 is 14.6 Å². The van der Waals surface area contributed by atoms with E-state index >= 15 is 0 Å². The van der Waals surface area contributed by atoms with Crippen LogP contribution in [-0.2, 0) is 17.8 Å². The van der Waals surface area contributed by atoms with Crippen molar-refractivity contribution in [1.82, 2.24) is 14.9 Å². The number of ether oxygens (including phenoxy) is 1. The van der Waals surface area contributed by atoms with Gasteiger partial charge in [0.05, 0.1) is 11.0 Å². The SMILES string of the molecule is CCCCCCCCCCCCCCCCCCn1c(CCCNC(=O)COc2cc(C)ccc2C)nc2ccccc21. The Labute approximate surface area is 262 Å². The second-order valence-electron chi connectivity index (χ2n) is 12.5. The highest BCUT2D eigenvalue weighted by Gasteiger charge is 2.11. The number of fused-ring (bicyclic) bond motifs is 1. The molecule has 43 heavy (non-hydrogen) atoms. The lowest BCUT2D eigenvalue weighted by Gasteiger charge is -2.11. The maximum Gasteiger partial charge on any atom is 0.257 e. The van der Waals surface area contributed by atoms with Crippen LogP contribution in [0.5, 0.6) is 5.75 Å². The Balaban J connectivity index is 1.27. The molecule has 0 radical (unpaired) electrons. The molecule has 0 unspecified atom stereocenters. The Hall–Kier alpha value is -2.82. The summed E-state index contributed by atoms with van der Waals surface area (Å²) in [5, 5.41) is 3.01. The molecule has 1 heterocycles. The molecule has 0 saturated heterocycles. The summed E-state index contributed by atoms with van der Waals surface area (Å²) < 4.78 is 8.15. The van der Waals surface area contributed by atoms with Gasteiger partial charge in [0.15, 0.2) is 6.61 Å². The molecule has 2 aromatic carbocycles. The molecule has 1 aromatic heterocycles. The number of amides is 1. The largest absolute Gasteiger partial charge is 0.483 e. The minimum absolute atomic E-state index is 0.0437.